The molecule has 2 amide bonds. The smallest absolute Gasteiger partial charge is 0.241 e. The molecule has 0 aromatic heterocycles. The normalized spacial score (nSPS) is 28.1. The molecular weight excluding hydrogens is 326 g/mol. The van der Waals surface area contributed by atoms with Gasteiger partial charge in [0.15, 0.2) is 0 Å². The number of carbonyl (C=O) groups is 2. The molecule has 2 heterocycles. The van der Waals surface area contributed by atoms with Crippen molar-refractivity contribution in [3.8, 4) is 0 Å². The van der Waals surface area contributed by atoms with Gasteiger partial charge in [0.25, 0.3) is 0 Å². The maximum atomic E-state index is 13.0. The van der Waals surface area contributed by atoms with Gasteiger partial charge < -0.3 is 9.80 Å². The molecule has 5 nitrogen and oxygen atoms in total. The zero-order valence-electron chi connectivity index (χ0n) is 15.7. The third-order valence-corrected chi connectivity index (χ3v) is 6.60. The number of likely N-dealkylation sites (N-methyl/N-ethyl adjacent to an activating group) is 1. The minimum Gasteiger partial charge on any atom is -0.340 e. The Morgan fingerprint density at radius 2 is 1.81 bits per heavy atom. The summed E-state index contributed by atoms with van der Waals surface area (Å²) in [6.45, 7) is 2.65. The molecule has 0 N–H and O–H groups in total. The van der Waals surface area contributed by atoms with Crippen LogP contribution in [0.4, 0.5) is 5.69 Å². The molecule has 2 aliphatic heterocycles. The van der Waals surface area contributed by atoms with Gasteiger partial charge in [0.1, 0.15) is 0 Å². The molecule has 3 aliphatic rings. The lowest BCUT2D eigenvalue weighted by Gasteiger charge is -2.46. The number of amides is 2. The van der Waals surface area contributed by atoms with Crippen LogP contribution in [0.15, 0.2) is 30.3 Å². The molecule has 4 rings (SSSR count). The fourth-order valence-electron chi connectivity index (χ4n) is 4.90. The summed E-state index contributed by atoms with van der Waals surface area (Å²) in [5.41, 5.74) is 0.843. The van der Waals surface area contributed by atoms with Crippen LogP contribution in [0, 0.1) is 5.92 Å². The summed E-state index contributed by atoms with van der Waals surface area (Å²) >= 11 is 0. The van der Waals surface area contributed by atoms with Crippen molar-refractivity contribution in [2.75, 3.05) is 38.1 Å². The average Bonchev–Trinajstić information content (AvgIpc) is 3.11. The van der Waals surface area contributed by atoms with Crippen LogP contribution in [0.5, 0.6) is 0 Å². The Kier molecular flexibility index (Phi) is 4.74. The van der Waals surface area contributed by atoms with E-state index in [9.17, 15) is 9.59 Å². The Hall–Kier alpha value is -1.88. The third kappa shape index (κ3) is 3.13. The molecule has 5 heteroatoms. The maximum absolute atomic E-state index is 13.0. The number of piperazine rings is 1. The van der Waals surface area contributed by atoms with Gasteiger partial charge in [-0.05, 0) is 38.4 Å². The number of carbonyl (C=O) groups excluding carboxylic acids is 2. The lowest BCUT2D eigenvalue weighted by molar-refractivity contribution is -0.136. The number of hydrogen-bond donors (Lipinski definition) is 0. The topological polar surface area (TPSA) is 43.9 Å². The first-order chi connectivity index (χ1) is 12.6. The first-order valence-corrected chi connectivity index (χ1v) is 9.94. The molecule has 3 fully saturated rings. The molecule has 0 unspecified atom stereocenters. The molecule has 1 spiro atoms. The Balaban J connectivity index is 1.50. The number of hydrogen-bond acceptors (Lipinski definition) is 3. The molecule has 140 valence electrons. The van der Waals surface area contributed by atoms with Crippen molar-refractivity contribution in [2.24, 2.45) is 5.92 Å². The lowest BCUT2D eigenvalue weighted by Crippen LogP contribution is -2.64. The first-order valence-electron chi connectivity index (χ1n) is 9.94. The van der Waals surface area contributed by atoms with Crippen LogP contribution in [0.2, 0.25) is 0 Å². The lowest BCUT2D eigenvalue weighted by atomic mass is 9.88. The van der Waals surface area contributed by atoms with E-state index in [1.165, 1.54) is 19.3 Å². The van der Waals surface area contributed by atoms with Gasteiger partial charge in [0.2, 0.25) is 11.8 Å². The van der Waals surface area contributed by atoms with E-state index in [0.717, 1.165) is 38.0 Å². The van der Waals surface area contributed by atoms with Crippen molar-refractivity contribution in [1.29, 1.82) is 0 Å². The van der Waals surface area contributed by atoms with E-state index in [0.29, 0.717) is 19.0 Å². The minimum absolute atomic E-state index is 0.117. The van der Waals surface area contributed by atoms with E-state index in [1.807, 2.05) is 42.3 Å². The SMILES string of the molecule is CN1CC(=O)N(c2ccccc2)C[C@]12CCN(C(=O)C1CCCCC1)C2. The van der Waals surface area contributed by atoms with Gasteiger partial charge in [0.05, 0.1) is 12.1 Å². The molecule has 1 aromatic rings. The summed E-state index contributed by atoms with van der Waals surface area (Å²) in [5, 5.41) is 0. The Bertz CT molecular complexity index is 671. The van der Waals surface area contributed by atoms with Crippen molar-refractivity contribution < 1.29 is 9.59 Å². The molecular formula is C21H29N3O2. The standard InChI is InChI=1S/C21H29N3O2/c1-22-14-19(25)24(18-10-6-3-7-11-18)16-21(22)12-13-23(15-21)20(26)17-8-4-2-5-9-17/h3,6-7,10-11,17H,2,4-5,8-9,12-16H2,1H3/t21-/m1/s1. The highest BCUT2D eigenvalue weighted by atomic mass is 16.2. The predicted molar refractivity (Wildman–Crippen MR) is 102 cm³/mol. The van der Waals surface area contributed by atoms with Crippen molar-refractivity contribution in [1.82, 2.24) is 9.80 Å². The van der Waals surface area contributed by atoms with E-state index in [-0.39, 0.29) is 17.4 Å². The van der Waals surface area contributed by atoms with Gasteiger partial charge in [-0.25, -0.2) is 0 Å². The number of rotatable bonds is 2. The second-order valence-corrected chi connectivity index (χ2v) is 8.24. The van der Waals surface area contributed by atoms with Gasteiger partial charge in [-0.2, -0.15) is 0 Å². The van der Waals surface area contributed by atoms with Crippen LogP contribution in [0.25, 0.3) is 0 Å². The molecule has 1 aromatic carbocycles. The molecule has 1 aliphatic carbocycles. The van der Waals surface area contributed by atoms with Gasteiger partial charge in [-0.15, -0.1) is 0 Å². The number of para-hydroxylation sites is 1. The highest BCUT2D eigenvalue weighted by Gasteiger charge is 2.49. The van der Waals surface area contributed by atoms with Gasteiger partial charge >= 0.3 is 0 Å². The maximum Gasteiger partial charge on any atom is 0.241 e. The molecule has 0 radical (unpaired) electrons. The highest BCUT2D eigenvalue weighted by Crippen LogP contribution is 2.35. The fraction of sp³-hybridized carbons (Fsp3) is 0.619. The van der Waals surface area contributed by atoms with Crippen LogP contribution in [0.3, 0.4) is 0 Å². The van der Waals surface area contributed by atoms with Gasteiger partial charge in [-0.1, -0.05) is 37.5 Å². The summed E-state index contributed by atoms with van der Waals surface area (Å²) in [6, 6.07) is 9.91. The van der Waals surface area contributed by atoms with E-state index in [1.54, 1.807) is 0 Å². The predicted octanol–water partition coefficient (Wildman–Crippen LogP) is 2.52. The van der Waals surface area contributed by atoms with E-state index >= 15 is 0 Å². The van der Waals surface area contributed by atoms with Crippen LogP contribution in [0.1, 0.15) is 38.5 Å². The van der Waals surface area contributed by atoms with Crippen LogP contribution >= 0.6 is 0 Å². The summed E-state index contributed by atoms with van der Waals surface area (Å²) in [4.78, 5) is 31.8. The quantitative estimate of drug-likeness (QED) is 0.819. The van der Waals surface area contributed by atoms with Gasteiger partial charge in [0, 0.05) is 31.2 Å². The number of benzene rings is 1. The highest BCUT2D eigenvalue weighted by molar-refractivity contribution is 5.96. The Morgan fingerprint density at radius 1 is 1.08 bits per heavy atom. The van der Waals surface area contributed by atoms with E-state index in [2.05, 4.69) is 9.80 Å². The fourth-order valence-corrected chi connectivity index (χ4v) is 4.90. The summed E-state index contributed by atoms with van der Waals surface area (Å²) < 4.78 is 0. The van der Waals surface area contributed by atoms with Crippen molar-refractivity contribution in [2.45, 2.75) is 44.1 Å². The largest absolute Gasteiger partial charge is 0.340 e. The average molecular weight is 355 g/mol. The van der Waals surface area contributed by atoms with Crippen molar-refractivity contribution in [3.05, 3.63) is 30.3 Å². The van der Waals surface area contributed by atoms with Gasteiger partial charge in [-0.3, -0.25) is 14.5 Å². The second kappa shape index (κ2) is 7.03. The summed E-state index contributed by atoms with van der Waals surface area (Å²) in [7, 11) is 2.04. The van der Waals surface area contributed by atoms with Crippen LogP contribution in [-0.2, 0) is 9.59 Å². The van der Waals surface area contributed by atoms with Crippen molar-refractivity contribution >= 4 is 17.5 Å². The number of nitrogens with zero attached hydrogens (tertiary/aromatic N) is 3. The second-order valence-electron chi connectivity index (χ2n) is 8.24. The summed E-state index contributed by atoms with van der Waals surface area (Å²) in [5.74, 6) is 0.708. The molecule has 1 saturated carbocycles. The molecule has 26 heavy (non-hydrogen) atoms. The van der Waals surface area contributed by atoms with Crippen molar-refractivity contribution in [3.63, 3.8) is 0 Å². The zero-order valence-corrected chi connectivity index (χ0v) is 15.7. The number of likely N-dealkylation sites (tertiary alicyclic amines) is 1. The first kappa shape index (κ1) is 17.5. The minimum atomic E-state index is -0.117. The molecule has 0 bridgehead atoms. The monoisotopic (exact) mass is 355 g/mol. The zero-order chi connectivity index (χ0) is 18.1. The summed E-state index contributed by atoms with van der Waals surface area (Å²) in [6.07, 6.45) is 6.68. The van der Waals surface area contributed by atoms with E-state index in [4.69, 9.17) is 0 Å². The number of anilines is 1. The van der Waals surface area contributed by atoms with E-state index < -0.39 is 0 Å². The Labute approximate surface area is 155 Å². The Morgan fingerprint density at radius 3 is 2.54 bits per heavy atom. The van der Waals surface area contributed by atoms with Crippen LogP contribution < -0.4 is 4.90 Å². The molecule has 2 saturated heterocycles. The molecule has 1 atom stereocenters. The third-order valence-electron chi connectivity index (χ3n) is 6.60. The van der Waals surface area contributed by atoms with Crippen LogP contribution in [-0.4, -0.2) is 60.4 Å².